The number of pyridine rings is 1. The summed E-state index contributed by atoms with van der Waals surface area (Å²) in [7, 11) is 0. The van der Waals surface area contributed by atoms with E-state index in [9.17, 15) is 14.3 Å². The summed E-state index contributed by atoms with van der Waals surface area (Å²) in [6.45, 7) is 0. The standard InChI is InChI=1S/C13H8FN3O2/c14-8-2-1-3-10(18)11(8)9-5-4-7-6-15-13(19)17-12(7)16-9/h1-6,18H,(H,15,16,17,19). The molecule has 0 unspecified atom stereocenters. The SMILES string of the molecule is O=c1ncc2ccc(-c3c(O)cccc3F)nc2[nH]1. The number of phenolic OH excluding ortho intramolecular Hbond substituents is 1. The van der Waals surface area contributed by atoms with Crippen molar-refractivity contribution >= 4 is 11.0 Å². The van der Waals surface area contributed by atoms with Crippen LogP contribution in [0.25, 0.3) is 22.3 Å². The van der Waals surface area contributed by atoms with Gasteiger partial charge in [-0.15, -0.1) is 0 Å². The maximum Gasteiger partial charge on any atom is 0.346 e. The molecule has 0 bridgehead atoms. The second-order valence-electron chi connectivity index (χ2n) is 3.96. The number of rotatable bonds is 1. The van der Waals surface area contributed by atoms with Gasteiger partial charge < -0.3 is 5.11 Å². The Labute approximate surface area is 106 Å². The summed E-state index contributed by atoms with van der Waals surface area (Å²) < 4.78 is 13.7. The Kier molecular flexibility index (Phi) is 2.49. The fourth-order valence-electron chi connectivity index (χ4n) is 1.84. The minimum absolute atomic E-state index is 0.00191. The fourth-order valence-corrected chi connectivity index (χ4v) is 1.84. The summed E-state index contributed by atoms with van der Waals surface area (Å²) in [5, 5.41) is 10.3. The zero-order valence-corrected chi connectivity index (χ0v) is 9.59. The van der Waals surface area contributed by atoms with Crippen molar-refractivity contribution in [3.63, 3.8) is 0 Å². The highest BCUT2D eigenvalue weighted by molar-refractivity contribution is 5.78. The molecule has 0 aliphatic heterocycles. The van der Waals surface area contributed by atoms with Gasteiger partial charge in [0, 0.05) is 11.6 Å². The van der Waals surface area contributed by atoms with Crippen LogP contribution in [0.3, 0.4) is 0 Å². The molecular weight excluding hydrogens is 249 g/mol. The minimum atomic E-state index is -0.580. The predicted octanol–water partition coefficient (Wildman–Crippen LogP) is 1.83. The van der Waals surface area contributed by atoms with Crippen LogP contribution in [0.1, 0.15) is 0 Å². The topological polar surface area (TPSA) is 78.9 Å². The highest BCUT2D eigenvalue weighted by Crippen LogP contribution is 2.30. The number of H-pyrrole nitrogens is 1. The van der Waals surface area contributed by atoms with E-state index in [1.165, 1.54) is 24.4 Å². The van der Waals surface area contributed by atoms with Gasteiger partial charge in [0.15, 0.2) is 0 Å². The number of halogens is 1. The molecule has 3 aromatic rings. The van der Waals surface area contributed by atoms with E-state index in [4.69, 9.17) is 0 Å². The van der Waals surface area contributed by atoms with Crippen LogP contribution in [0.2, 0.25) is 0 Å². The first-order valence-electron chi connectivity index (χ1n) is 5.49. The third-order valence-corrected chi connectivity index (χ3v) is 2.72. The summed E-state index contributed by atoms with van der Waals surface area (Å²) in [6.07, 6.45) is 1.38. The van der Waals surface area contributed by atoms with Gasteiger partial charge in [0.05, 0.1) is 11.3 Å². The average Bonchev–Trinajstić information content (AvgIpc) is 2.38. The van der Waals surface area contributed by atoms with E-state index in [1.54, 1.807) is 12.1 Å². The molecule has 3 rings (SSSR count). The van der Waals surface area contributed by atoms with Crippen molar-refractivity contribution in [3.05, 3.63) is 52.8 Å². The number of aromatic hydroxyl groups is 1. The quantitative estimate of drug-likeness (QED) is 0.697. The van der Waals surface area contributed by atoms with Gasteiger partial charge in [-0.1, -0.05) is 6.07 Å². The molecule has 0 aliphatic carbocycles. The Morgan fingerprint density at radius 2 is 2.05 bits per heavy atom. The zero-order chi connectivity index (χ0) is 13.4. The Hall–Kier alpha value is -2.76. The van der Waals surface area contributed by atoms with E-state index in [1.807, 2.05) is 0 Å². The number of benzene rings is 1. The van der Waals surface area contributed by atoms with Crippen molar-refractivity contribution in [1.82, 2.24) is 15.0 Å². The smallest absolute Gasteiger partial charge is 0.346 e. The van der Waals surface area contributed by atoms with E-state index in [0.717, 1.165) is 0 Å². The number of fused-ring (bicyclic) bond motifs is 1. The van der Waals surface area contributed by atoms with Crippen molar-refractivity contribution in [2.45, 2.75) is 0 Å². The molecule has 0 amide bonds. The van der Waals surface area contributed by atoms with Gasteiger partial charge in [-0.2, -0.15) is 0 Å². The molecule has 0 atom stereocenters. The number of hydrogen-bond donors (Lipinski definition) is 2. The van der Waals surface area contributed by atoms with Crippen LogP contribution < -0.4 is 5.69 Å². The molecule has 94 valence electrons. The molecule has 1 aromatic carbocycles. The van der Waals surface area contributed by atoms with Crippen LogP contribution in [0, 0.1) is 5.82 Å². The summed E-state index contributed by atoms with van der Waals surface area (Å²) in [5.74, 6) is -0.786. The number of nitrogens with zero attached hydrogens (tertiary/aromatic N) is 2. The molecular formula is C13H8FN3O2. The average molecular weight is 257 g/mol. The fraction of sp³-hybridized carbons (Fsp3) is 0. The summed E-state index contributed by atoms with van der Waals surface area (Å²) in [4.78, 5) is 21.3. The van der Waals surface area contributed by atoms with Crippen LogP contribution in [0.5, 0.6) is 5.75 Å². The lowest BCUT2D eigenvalue weighted by Crippen LogP contribution is -2.09. The molecule has 6 heteroatoms. The summed E-state index contributed by atoms with van der Waals surface area (Å²) >= 11 is 0. The zero-order valence-electron chi connectivity index (χ0n) is 9.59. The molecule has 2 heterocycles. The molecule has 0 spiro atoms. The first-order chi connectivity index (χ1) is 9.15. The van der Waals surface area contributed by atoms with Crippen molar-refractivity contribution in [2.24, 2.45) is 0 Å². The second-order valence-corrected chi connectivity index (χ2v) is 3.96. The van der Waals surface area contributed by atoms with Crippen LogP contribution in [-0.4, -0.2) is 20.1 Å². The minimum Gasteiger partial charge on any atom is -0.507 e. The number of nitrogens with one attached hydrogen (secondary N) is 1. The number of phenols is 1. The van der Waals surface area contributed by atoms with Crippen LogP contribution >= 0.6 is 0 Å². The maximum absolute atomic E-state index is 13.7. The highest BCUT2D eigenvalue weighted by Gasteiger charge is 2.12. The number of hydrogen-bond acceptors (Lipinski definition) is 4. The molecule has 2 aromatic heterocycles. The molecule has 5 nitrogen and oxygen atoms in total. The predicted molar refractivity (Wildman–Crippen MR) is 67.2 cm³/mol. The Balaban J connectivity index is 2.29. The molecule has 0 radical (unpaired) electrons. The number of aromatic amines is 1. The van der Waals surface area contributed by atoms with E-state index in [-0.39, 0.29) is 17.0 Å². The van der Waals surface area contributed by atoms with Gasteiger partial charge in [-0.05, 0) is 24.3 Å². The largest absolute Gasteiger partial charge is 0.507 e. The lowest BCUT2D eigenvalue weighted by Gasteiger charge is -2.06. The molecule has 19 heavy (non-hydrogen) atoms. The number of aromatic nitrogens is 3. The van der Waals surface area contributed by atoms with Crippen LogP contribution in [0.4, 0.5) is 4.39 Å². The van der Waals surface area contributed by atoms with Gasteiger partial charge in [-0.3, -0.25) is 4.98 Å². The second kappa shape index (κ2) is 4.16. The summed E-state index contributed by atoms with van der Waals surface area (Å²) in [6, 6.07) is 7.21. The van der Waals surface area contributed by atoms with Crippen molar-refractivity contribution < 1.29 is 9.50 Å². The first kappa shape index (κ1) is 11.3. The van der Waals surface area contributed by atoms with Gasteiger partial charge in [0.2, 0.25) is 0 Å². The normalized spacial score (nSPS) is 10.8. The van der Waals surface area contributed by atoms with Crippen molar-refractivity contribution in [3.8, 4) is 17.0 Å². The van der Waals surface area contributed by atoms with E-state index in [2.05, 4.69) is 15.0 Å². The van der Waals surface area contributed by atoms with Gasteiger partial charge >= 0.3 is 5.69 Å². The van der Waals surface area contributed by atoms with E-state index >= 15 is 0 Å². The Bertz CT molecular complexity index is 809. The van der Waals surface area contributed by atoms with Crippen LogP contribution in [-0.2, 0) is 0 Å². The monoisotopic (exact) mass is 257 g/mol. The summed E-state index contributed by atoms with van der Waals surface area (Å²) in [5.41, 5.74) is 0.00192. The molecule has 2 N–H and O–H groups in total. The Morgan fingerprint density at radius 1 is 1.21 bits per heavy atom. The molecule has 0 aliphatic rings. The highest BCUT2D eigenvalue weighted by atomic mass is 19.1. The maximum atomic E-state index is 13.7. The molecule has 0 fully saturated rings. The van der Waals surface area contributed by atoms with E-state index < -0.39 is 11.5 Å². The van der Waals surface area contributed by atoms with E-state index in [0.29, 0.717) is 11.0 Å². The van der Waals surface area contributed by atoms with Gasteiger partial charge in [-0.25, -0.2) is 19.2 Å². The van der Waals surface area contributed by atoms with Crippen molar-refractivity contribution in [1.29, 1.82) is 0 Å². The van der Waals surface area contributed by atoms with Gasteiger partial charge in [0.25, 0.3) is 0 Å². The van der Waals surface area contributed by atoms with Crippen LogP contribution in [0.15, 0.2) is 41.3 Å². The van der Waals surface area contributed by atoms with Crippen molar-refractivity contribution in [2.75, 3.05) is 0 Å². The lowest BCUT2D eigenvalue weighted by atomic mass is 10.1. The lowest BCUT2D eigenvalue weighted by molar-refractivity contribution is 0.471. The molecule has 0 saturated heterocycles. The molecule has 0 saturated carbocycles. The van der Waals surface area contributed by atoms with Gasteiger partial charge in [0.1, 0.15) is 17.2 Å². The first-order valence-corrected chi connectivity index (χ1v) is 5.49. The third-order valence-electron chi connectivity index (χ3n) is 2.72. The third kappa shape index (κ3) is 1.93. The Morgan fingerprint density at radius 3 is 2.84 bits per heavy atom.